The molecule has 112 valence electrons. The van der Waals surface area contributed by atoms with Crippen molar-refractivity contribution in [2.75, 3.05) is 33.7 Å². The summed E-state index contributed by atoms with van der Waals surface area (Å²) in [4.78, 5) is 13.8. The van der Waals surface area contributed by atoms with Crippen LogP contribution in [0, 0.1) is 6.92 Å². The van der Waals surface area contributed by atoms with Crippen LogP contribution in [0.4, 0.5) is 0 Å². The fraction of sp³-hybridized carbons (Fsp3) is 0.562. The van der Waals surface area contributed by atoms with Gasteiger partial charge in [-0.25, -0.2) is 0 Å². The van der Waals surface area contributed by atoms with Crippen LogP contribution in [0.3, 0.4) is 0 Å². The van der Waals surface area contributed by atoms with Crippen LogP contribution < -0.4 is 10.6 Å². The van der Waals surface area contributed by atoms with Gasteiger partial charge in [-0.1, -0.05) is 29.8 Å². The van der Waals surface area contributed by atoms with Gasteiger partial charge in [-0.3, -0.25) is 4.79 Å². The number of benzene rings is 1. The summed E-state index contributed by atoms with van der Waals surface area (Å²) in [6.07, 6.45) is 1.64. The Morgan fingerprint density at radius 2 is 1.85 bits per heavy atom. The number of nitrogens with zero attached hydrogens (tertiary/aromatic N) is 1. The molecule has 0 aromatic heterocycles. The second kappa shape index (κ2) is 9.50. The predicted molar refractivity (Wildman–Crippen MR) is 83.7 cm³/mol. The lowest BCUT2D eigenvalue weighted by Crippen LogP contribution is -2.28. The van der Waals surface area contributed by atoms with E-state index in [0.717, 1.165) is 31.6 Å². The zero-order valence-electron chi connectivity index (χ0n) is 12.9. The van der Waals surface area contributed by atoms with Crippen molar-refractivity contribution in [3.05, 3.63) is 35.4 Å². The summed E-state index contributed by atoms with van der Waals surface area (Å²) >= 11 is 0. The number of nitrogens with one attached hydrogen (secondary N) is 2. The van der Waals surface area contributed by atoms with Crippen molar-refractivity contribution in [1.29, 1.82) is 0 Å². The van der Waals surface area contributed by atoms with Crippen molar-refractivity contribution in [2.45, 2.75) is 26.3 Å². The molecular weight excluding hydrogens is 250 g/mol. The maximum absolute atomic E-state index is 11.7. The van der Waals surface area contributed by atoms with Crippen LogP contribution in [0.25, 0.3) is 0 Å². The van der Waals surface area contributed by atoms with Crippen molar-refractivity contribution >= 4 is 5.91 Å². The lowest BCUT2D eigenvalue weighted by Gasteiger charge is -2.10. The highest BCUT2D eigenvalue weighted by Gasteiger charge is 2.01. The van der Waals surface area contributed by atoms with E-state index in [9.17, 15) is 4.79 Å². The summed E-state index contributed by atoms with van der Waals surface area (Å²) in [7, 11) is 4.14. The van der Waals surface area contributed by atoms with Crippen molar-refractivity contribution in [3.8, 4) is 0 Å². The molecule has 0 saturated heterocycles. The smallest absolute Gasteiger partial charge is 0.221 e. The lowest BCUT2D eigenvalue weighted by atomic mass is 10.1. The highest BCUT2D eigenvalue weighted by molar-refractivity contribution is 5.76. The van der Waals surface area contributed by atoms with Crippen LogP contribution in [0.5, 0.6) is 0 Å². The van der Waals surface area contributed by atoms with E-state index < -0.39 is 0 Å². The zero-order chi connectivity index (χ0) is 14.8. The normalized spacial score (nSPS) is 10.8. The molecule has 0 unspecified atom stereocenters. The van der Waals surface area contributed by atoms with Crippen LogP contribution in [0.2, 0.25) is 0 Å². The fourth-order valence-electron chi connectivity index (χ4n) is 1.84. The van der Waals surface area contributed by atoms with Gasteiger partial charge in [0.05, 0.1) is 0 Å². The highest BCUT2D eigenvalue weighted by atomic mass is 16.1. The van der Waals surface area contributed by atoms with Gasteiger partial charge in [-0.15, -0.1) is 0 Å². The Morgan fingerprint density at radius 1 is 1.15 bits per heavy atom. The molecule has 4 nitrogen and oxygen atoms in total. The molecule has 0 saturated carbocycles. The quantitative estimate of drug-likeness (QED) is 0.673. The van der Waals surface area contributed by atoms with Gasteiger partial charge in [0.15, 0.2) is 0 Å². The molecular formula is C16H27N3O. The third kappa shape index (κ3) is 7.92. The van der Waals surface area contributed by atoms with Gasteiger partial charge < -0.3 is 15.5 Å². The fourth-order valence-corrected chi connectivity index (χ4v) is 1.84. The van der Waals surface area contributed by atoms with Gasteiger partial charge in [-0.05, 0) is 46.1 Å². The van der Waals surface area contributed by atoms with E-state index in [1.807, 2.05) is 0 Å². The van der Waals surface area contributed by atoms with Crippen LogP contribution in [-0.4, -0.2) is 44.5 Å². The minimum Gasteiger partial charge on any atom is -0.352 e. The summed E-state index contributed by atoms with van der Waals surface area (Å²) in [6, 6.07) is 8.23. The lowest BCUT2D eigenvalue weighted by molar-refractivity contribution is -0.121. The Kier molecular flexibility index (Phi) is 7.92. The molecule has 4 heteroatoms. The molecule has 0 aliphatic heterocycles. The number of hydrogen-bond donors (Lipinski definition) is 2. The minimum atomic E-state index is 0.102. The van der Waals surface area contributed by atoms with Gasteiger partial charge in [0.25, 0.3) is 0 Å². The van der Waals surface area contributed by atoms with E-state index in [1.54, 1.807) is 0 Å². The molecule has 20 heavy (non-hydrogen) atoms. The molecule has 1 aromatic carbocycles. The standard InChI is InChI=1S/C16H27N3O/c1-14-5-7-15(8-6-14)13-18-16(20)9-11-17-10-4-12-19(2)3/h5-8,17H,4,9-13H2,1-3H3,(H,18,20). The van der Waals surface area contributed by atoms with E-state index >= 15 is 0 Å². The van der Waals surface area contributed by atoms with Crippen LogP contribution in [0.1, 0.15) is 24.0 Å². The van der Waals surface area contributed by atoms with Crippen LogP contribution >= 0.6 is 0 Å². The summed E-state index contributed by atoms with van der Waals surface area (Å²) in [5, 5.41) is 6.23. The predicted octanol–water partition coefficient (Wildman–Crippen LogP) is 1.54. The first kappa shape index (κ1) is 16.7. The molecule has 2 N–H and O–H groups in total. The summed E-state index contributed by atoms with van der Waals surface area (Å²) in [6.45, 7) is 5.45. The second-order valence-electron chi connectivity index (χ2n) is 5.42. The Labute approximate surface area is 122 Å². The molecule has 0 spiro atoms. The van der Waals surface area contributed by atoms with Gasteiger partial charge in [0.1, 0.15) is 0 Å². The van der Waals surface area contributed by atoms with E-state index in [4.69, 9.17) is 0 Å². The van der Waals surface area contributed by atoms with E-state index in [-0.39, 0.29) is 5.91 Å². The molecule has 0 atom stereocenters. The first-order valence-electron chi connectivity index (χ1n) is 7.25. The first-order valence-corrected chi connectivity index (χ1v) is 7.25. The Morgan fingerprint density at radius 3 is 2.50 bits per heavy atom. The van der Waals surface area contributed by atoms with Gasteiger partial charge in [0.2, 0.25) is 5.91 Å². The number of carbonyl (C=O) groups is 1. The maximum Gasteiger partial charge on any atom is 0.221 e. The highest BCUT2D eigenvalue weighted by Crippen LogP contribution is 2.02. The molecule has 0 heterocycles. The molecule has 0 aliphatic rings. The second-order valence-corrected chi connectivity index (χ2v) is 5.42. The Hall–Kier alpha value is -1.39. The van der Waals surface area contributed by atoms with Crippen molar-refractivity contribution in [1.82, 2.24) is 15.5 Å². The summed E-state index contributed by atoms with van der Waals surface area (Å²) < 4.78 is 0. The van der Waals surface area contributed by atoms with E-state index in [0.29, 0.717) is 13.0 Å². The molecule has 0 bridgehead atoms. The van der Waals surface area contributed by atoms with Gasteiger partial charge >= 0.3 is 0 Å². The number of rotatable bonds is 9. The largest absolute Gasteiger partial charge is 0.352 e. The molecule has 0 fully saturated rings. The minimum absolute atomic E-state index is 0.102. The number of amides is 1. The SMILES string of the molecule is Cc1ccc(CNC(=O)CCNCCCN(C)C)cc1. The topological polar surface area (TPSA) is 44.4 Å². The molecule has 1 aromatic rings. The Balaban J connectivity index is 2.04. The average Bonchev–Trinajstić information content (AvgIpc) is 2.41. The van der Waals surface area contributed by atoms with Gasteiger partial charge in [0, 0.05) is 19.5 Å². The maximum atomic E-state index is 11.7. The molecule has 0 aliphatic carbocycles. The molecule has 1 rings (SSSR count). The van der Waals surface area contributed by atoms with Crippen LogP contribution in [0.15, 0.2) is 24.3 Å². The third-order valence-electron chi connectivity index (χ3n) is 3.10. The molecule has 1 amide bonds. The third-order valence-corrected chi connectivity index (χ3v) is 3.10. The monoisotopic (exact) mass is 277 g/mol. The van der Waals surface area contributed by atoms with Crippen molar-refractivity contribution in [2.24, 2.45) is 0 Å². The molecule has 0 radical (unpaired) electrons. The van der Waals surface area contributed by atoms with Gasteiger partial charge in [-0.2, -0.15) is 0 Å². The Bertz CT molecular complexity index is 387. The van der Waals surface area contributed by atoms with Crippen molar-refractivity contribution in [3.63, 3.8) is 0 Å². The number of aryl methyl sites for hydroxylation is 1. The van der Waals surface area contributed by atoms with E-state index in [1.165, 1.54) is 5.56 Å². The average molecular weight is 277 g/mol. The first-order chi connectivity index (χ1) is 9.58. The van der Waals surface area contributed by atoms with Crippen LogP contribution in [-0.2, 0) is 11.3 Å². The van der Waals surface area contributed by atoms with Crippen molar-refractivity contribution < 1.29 is 4.79 Å². The number of carbonyl (C=O) groups excluding carboxylic acids is 1. The number of hydrogen-bond acceptors (Lipinski definition) is 3. The summed E-state index contributed by atoms with van der Waals surface area (Å²) in [5.74, 6) is 0.102. The van der Waals surface area contributed by atoms with E-state index in [2.05, 4.69) is 60.8 Å². The summed E-state index contributed by atoms with van der Waals surface area (Å²) in [5.41, 5.74) is 2.38. The zero-order valence-corrected chi connectivity index (χ0v) is 12.9.